The fraction of sp³-hybridized carbons (Fsp3) is 0.167. The lowest BCUT2D eigenvalue weighted by molar-refractivity contribution is 0.0692. The summed E-state index contributed by atoms with van der Waals surface area (Å²) < 4.78 is 15.8. The summed E-state index contributed by atoms with van der Waals surface area (Å²) in [6, 6.07) is 5.90. The molecule has 0 saturated heterocycles. The summed E-state index contributed by atoms with van der Waals surface area (Å²) in [5, 5.41) is 13.2. The molecule has 0 amide bonds. The maximum Gasteiger partial charge on any atom is 0.338 e. The number of rotatable bonds is 4. The first-order valence-electron chi connectivity index (χ1n) is 7.70. The third-order valence-corrected chi connectivity index (χ3v) is 3.89. The van der Waals surface area contributed by atoms with E-state index < -0.39 is 11.8 Å². The number of carboxylic acid groups (broad SMARTS) is 1. The number of aromatic carboxylic acids is 1. The minimum absolute atomic E-state index is 0.229. The van der Waals surface area contributed by atoms with Crippen LogP contribution in [-0.4, -0.2) is 25.8 Å². The smallest absolute Gasteiger partial charge is 0.338 e. The Morgan fingerprint density at radius 3 is 2.56 bits per heavy atom. The van der Waals surface area contributed by atoms with E-state index in [9.17, 15) is 9.18 Å². The topological polar surface area (TPSA) is 94.0 Å². The van der Waals surface area contributed by atoms with Gasteiger partial charge in [-0.3, -0.25) is 4.68 Å². The molecule has 0 atom stereocenters. The van der Waals surface area contributed by atoms with E-state index in [-0.39, 0.29) is 17.4 Å². The Kier molecular flexibility index (Phi) is 4.22. The Labute approximate surface area is 143 Å². The Morgan fingerprint density at radius 1 is 1.20 bits per heavy atom. The van der Waals surface area contributed by atoms with Crippen LogP contribution >= 0.6 is 0 Å². The Hall–Kier alpha value is -3.22. The van der Waals surface area contributed by atoms with Crippen LogP contribution in [0.25, 0.3) is 22.3 Å². The molecule has 25 heavy (non-hydrogen) atoms. The highest BCUT2D eigenvalue weighted by Gasteiger charge is 2.14. The fourth-order valence-corrected chi connectivity index (χ4v) is 2.49. The molecule has 7 heteroatoms. The van der Waals surface area contributed by atoms with Crippen molar-refractivity contribution in [2.45, 2.75) is 19.9 Å². The summed E-state index contributed by atoms with van der Waals surface area (Å²) in [5.74, 6) is -1.89. The van der Waals surface area contributed by atoms with E-state index in [1.165, 1.54) is 12.1 Å². The van der Waals surface area contributed by atoms with Gasteiger partial charge in [-0.15, -0.1) is 0 Å². The van der Waals surface area contributed by atoms with Crippen LogP contribution in [0.4, 0.5) is 10.2 Å². The number of carbonyl (C=O) groups is 1. The van der Waals surface area contributed by atoms with E-state index in [4.69, 9.17) is 10.8 Å². The van der Waals surface area contributed by atoms with E-state index in [2.05, 4.69) is 10.1 Å². The molecule has 1 aromatic carbocycles. The van der Waals surface area contributed by atoms with Crippen molar-refractivity contribution in [2.75, 3.05) is 5.73 Å². The molecule has 2 aromatic heterocycles. The zero-order valence-corrected chi connectivity index (χ0v) is 13.8. The van der Waals surface area contributed by atoms with Crippen molar-refractivity contribution in [2.24, 2.45) is 0 Å². The lowest BCUT2D eigenvalue weighted by Gasteiger charge is -2.09. The van der Waals surface area contributed by atoms with Gasteiger partial charge in [0.15, 0.2) is 0 Å². The molecular formula is C18H17FN4O2. The lowest BCUT2D eigenvalue weighted by atomic mass is 10.0. The van der Waals surface area contributed by atoms with E-state index in [0.29, 0.717) is 11.1 Å². The molecule has 0 aliphatic heterocycles. The Morgan fingerprint density at radius 2 is 1.96 bits per heavy atom. The Bertz CT molecular complexity index is 950. The molecule has 3 aromatic rings. The zero-order chi connectivity index (χ0) is 18.1. The molecule has 0 bridgehead atoms. The van der Waals surface area contributed by atoms with Crippen LogP contribution in [0.2, 0.25) is 0 Å². The number of anilines is 1. The number of carboxylic acids is 1. The first-order chi connectivity index (χ1) is 11.9. The van der Waals surface area contributed by atoms with E-state index >= 15 is 0 Å². The summed E-state index contributed by atoms with van der Waals surface area (Å²) in [6.07, 6.45) is 5.25. The predicted octanol–water partition coefficient (Wildman–Crippen LogP) is 3.61. The molecule has 3 rings (SSSR count). The van der Waals surface area contributed by atoms with Crippen LogP contribution in [-0.2, 0) is 0 Å². The second-order valence-electron chi connectivity index (χ2n) is 5.96. The minimum Gasteiger partial charge on any atom is -0.478 e. The molecule has 2 heterocycles. The van der Waals surface area contributed by atoms with Gasteiger partial charge in [0.05, 0.1) is 11.8 Å². The third-order valence-electron chi connectivity index (χ3n) is 3.89. The SMILES string of the molecule is CC(C)n1cc(-c2cnc(N)c(-c3ccc(C(=O)O)c(F)c3)c2)cn1. The summed E-state index contributed by atoms with van der Waals surface area (Å²) >= 11 is 0. The van der Waals surface area contributed by atoms with Gasteiger partial charge in [0.1, 0.15) is 11.6 Å². The first-order valence-corrected chi connectivity index (χ1v) is 7.70. The van der Waals surface area contributed by atoms with Crippen molar-refractivity contribution in [1.29, 1.82) is 0 Å². The van der Waals surface area contributed by atoms with Gasteiger partial charge in [-0.05, 0) is 37.6 Å². The maximum atomic E-state index is 14.0. The van der Waals surface area contributed by atoms with E-state index in [1.54, 1.807) is 18.5 Å². The van der Waals surface area contributed by atoms with Crippen molar-refractivity contribution in [1.82, 2.24) is 14.8 Å². The molecule has 0 aliphatic carbocycles. The van der Waals surface area contributed by atoms with Gasteiger partial charge in [-0.1, -0.05) is 6.07 Å². The number of halogens is 1. The molecule has 0 fully saturated rings. The Balaban J connectivity index is 2.05. The molecule has 0 spiro atoms. The predicted molar refractivity (Wildman–Crippen MR) is 92.6 cm³/mol. The molecule has 0 aliphatic rings. The van der Waals surface area contributed by atoms with Gasteiger partial charge < -0.3 is 10.8 Å². The standard InChI is InChI=1S/C18H17FN4O2/c1-10(2)23-9-13(8-22-23)12-5-15(17(20)21-7-12)11-3-4-14(18(24)25)16(19)6-11/h3-10H,1-2H3,(H2,20,21)(H,24,25). The van der Waals surface area contributed by atoms with Crippen LogP contribution in [0.1, 0.15) is 30.2 Å². The fourth-order valence-electron chi connectivity index (χ4n) is 2.49. The number of nitrogen functional groups attached to an aromatic ring is 1. The van der Waals surface area contributed by atoms with Crippen molar-refractivity contribution in [3.05, 3.63) is 54.2 Å². The van der Waals surface area contributed by atoms with Crippen molar-refractivity contribution in [3.63, 3.8) is 0 Å². The molecule has 0 radical (unpaired) electrons. The van der Waals surface area contributed by atoms with Crippen LogP contribution in [0.3, 0.4) is 0 Å². The number of hydrogen-bond acceptors (Lipinski definition) is 4. The van der Waals surface area contributed by atoms with Gasteiger partial charge in [-0.2, -0.15) is 5.10 Å². The molecule has 0 saturated carbocycles. The lowest BCUT2D eigenvalue weighted by Crippen LogP contribution is -2.01. The van der Waals surface area contributed by atoms with Gasteiger partial charge >= 0.3 is 5.97 Å². The number of hydrogen-bond donors (Lipinski definition) is 2. The van der Waals surface area contributed by atoms with Gasteiger partial charge in [-0.25, -0.2) is 14.2 Å². The van der Waals surface area contributed by atoms with Crippen LogP contribution in [0, 0.1) is 5.82 Å². The van der Waals surface area contributed by atoms with Gasteiger partial charge in [0.25, 0.3) is 0 Å². The minimum atomic E-state index is -1.31. The normalized spacial score (nSPS) is 11.0. The highest BCUT2D eigenvalue weighted by Crippen LogP contribution is 2.30. The largest absolute Gasteiger partial charge is 0.478 e. The van der Waals surface area contributed by atoms with Gasteiger partial charge in [0, 0.05) is 35.1 Å². The second-order valence-corrected chi connectivity index (χ2v) is 5.96. The average molecular weight is 340 g/mol. The number of nitrogens with two attached hydrogens (primary N) is 1. The summed E-state index contributed by atoms with van der Waals surface area (Å²) in [7, 11) is 0. The summed E-state index contributed by atoms with van der Waals surface area (Å²) in [4.78, 5) is 15.1. The van der Waals surface area contributed by atoms with Crippen molar-refractivity contribution >= 4 is 11.8 Å². The highest BCUT2D eigenvalue weighted by molar-refractivity contribution is 5.89. The van der Waals surface area contributed by atoms with E-state index in [0.717, 1.165) is 17.2 Å². The van der Waals surface area contributed by atoms with Crippen LogP contribution in [0.5, 0.6) is 0 Å². The summed E-state index contributed by atoms with van der Waals surface area (Å²) in [6.45, 7) is 4.05. The maximum absolute atomic E-state index is 14.0. The zero-order valence-electron chi connectivity index (χ0n) is 13.8. The first kappa shape index (κ1) is 16.6. The molecule has 128 valence electrons. The van der Waals surface area contributed by atoms with Crippen LogP contribution < -0.4 is 5.73 Å². The number of pyridine rings is 1. The summed E-state index contributed by atoms with van der Waals surface area (Å²) in [5.41, 5.74) is 8.20. The molecular weight excluding hydrogens is 323 g/mol. The number of nitrogens with zero attached hydrogens (tertiary/aromatic N) is 3. The van der Waals surface area contributed by atoms with Gasteiger partial charge in [0.2, 0.25) is 0 Å². The van der Waals surface area contributed by atoms with Crippen LogP contribution in [0.15, 0.2) is 42.9 Å². The van der Waals surface area contributed by atoms with Crippen molar-refractivity contribution < 1.29 is 14.3 Å². The average Bonchev–Trinajstić information content (AvgIpc) is 3.05. The monoisotopic (exact) mass is 340 g/mol. The highest BCUT2D eigenvalue weighted by atomic mass is 19.1. The third kappa shape index (κ3) is 3.21. The number of aromatic nitrogens is 3. The quantitative estimate of drug-likeness (QED) is 0.756. The van der Waals surface area contributed by atoms with Crippen molar-refractivity contribution in [3.8, 4) is 22.3 Å². The number of benzene rings is 1. The molecule has 0 unspecified atom stereocenters. The molecule has 6 nitrogen and oxygen atoms in total. The molecule has 3 N–H and O–H groups in total. The second kappa shape index (κ2) is 6.35. The van der Waals surface area contributed by atoms with E-state index in [1.807, 2.05) is 24.7 Å².